The fourth-order valence-corrected chi connectivity index (χ4v) is 2.24. The molecule has 6 nitrogen and oxygen atoms in total. The van der Waals surface area contributed by atoms with Crippen LogP contribution in [0.1, 0.15) is 53.4 Å². The van der Waals surface area contributed by atoms with Crippen LogP contribution in [-0.2, 0) is 19.0 Å². The summed E-state index contributed by atoms with van der Waals surface area (Å²) in [4.78, 5) is 22.9. The van der Waals surface area contributed by atoms with Gasteiger partial charge in [-0.1, -0.05) is 0 Å². The summed E-state index contributed by atoms with van der Waals surface area (Å²) in [5.41, 5.74) is -0.482. The first-order valence-electron chi connectivity index (χ1n) is 7.57. The van der Waals surface area contributed by atoms with Crippen LogP contribution >= 0.6 is 0 Å². The summed E-state index contributed by atoms with van der Waals surface area (Å²) >= 11 is 0. The predicted molar refractivity (Wildman–Crippen MR) is 78.0 cm³/mol. The summed E-state index contributed by atoms with van der Waals surface area (Å²) in [5, 5.41) is 2.87. The average Bonchev–Trinajstić information content (AvgIpc) is 2.36. The monoisotopic (exact) mass is 301 g/mol. The van der Waals surface area contributed by atoms with Gasteiger partial charge in [0, 0.05) is 6.04 Å². The Morgan fingerprint density at radius 2 is 1.76 bits per heavy atom. The Kier molecular flexibility index (Phi) is 6.95. The van der Waals surface area contributed by atoms with Gasteiger partial charge in [0.2, 0.25) is 0 Å². The van der Waals surface area contributed by atoms with Crippen LogP contribution in [0.2, 0.25) is 0 Å². The summed E-state index contributed by atoms with van der Waals surface area (Å²) in [6.07, 6.45) is 2.98. The molecule has 0 unspecified atom stereocenters. The van der Waals surface area contributed by atoms with E-state index in [0.29, 0.717) is 6.61 Å². The molecule has 0 aliphatic heterocycles. The molecule has 1 aliphatic carbocycles. The smallest absolute Gasteiger partial charge is 0.407 e. The Labute approximate surface area is 126 Å². The van der Waals surface area contributed by atoms with E-state index in [9.17, 15) is 9.59 Å². The molecular weight excluding hydrogens is 274 g/mol. The van der Waals surface area contributed by atoms with Crippen LogP contribution in [0.3, 0.4) is 0 Å². The van der Waals surface area contributed by atoms with Crippen LogP contribution in [-0.4, -0.2) is 43.0 Å². The number of esters is 1. The molecule has 0 bridgehead atoms. The van der Waals surface area contributed by atoms with Gasteiger partial charge in [-0.05, 0) is 53.4 Å². The number of hydrogen-bond donors (Lipinski definition) is 1. The third-order valence-electron chi connectivity index (χ3n) is 3.14. The molecule has 0 radical (unpaired) electrons. The first kappa shape index (κ1) is 17.8. The van der Waals surface area contributed by atoms with Crippen molar-refractivity contribution in [2.24, 2.45) is 0 Å². The Hall–Kier alpha value is -1.30. The number of alkyl carbamates (subject to hydrolysis) is 1. The highest BCUT2D eigenvalue weighted by atomic mass is 16.6. The van der Waals surface area contributed by atoms with Crippen molar-refractivity contribution >= 4 is 12.1 Å². The zero-order valence-electron chi connectivity index (χ0n) is 13.4. The van der Waals surface area contributed by atoms with Gasteiger partial charge in [-0.25, -0.2) is 9.59 Å². The number of rotatable bonds is 5. The van der Waals surface area contributed by atoms with E-state index in [4.69, 9.17) is 14.2 Å². The largest absolute Gasteiger partial charge is 0.464 e. The highest BCUT2D eigenvalue weighted by Gasteiger charge is 2.25. The van der Waals surface area contributed by atoms with Gasteiger partial charge in [0.1, 0.15) is 12.2 Å². The maximum absolute atomic E-state index is 11.7. The van der Waals surface area contributed by atoms with Crippen molar-refractivity contribution in [1.29, 1.82) is 0 Å². The topological polar surface area (TPSA) is 73.9 Å². The minimum atomic E-state index is -0.482. The minimum absolute atomic E-state index is 0.00265. The van der Waals surface area contributed by atoms with E-state index >= 15 is 0 Å². The molecular formula is C15H27NO5. The summed E-state index contributed by atoms with van der Waals surface area (Å²) in [6.45, 7) is 7.66. The number of nitrogens with one attached hydrogen (secondary N) is 1. The minimum Gasteiger partial charge on any atom is -0.464 e. The van der Waals surface area contributed by atoms with Gasteiger partial charge in [0.15, 0.2) is 0 Å². The van der Waals surface area contributed by atoms with Gasteiger partial charge in [0.25, 0.3) is 0 Å². The fourth-order valence-electron chi connectivity index (χ4n) is 2.24. The molecule has 0 atom stereocenters. The van der Waals surface area contributed by atoms with Crippen LogP contribution in [0.4, 0.5) is 4.79 Å². The summed E-state index contributed by atoms with van der Waals surface area (Å²) in [6, 6.07) is 0.113. The molecule has 0 aromatic rings. The molecule has 0 aromatic heterocycles. The zero-order valence-corrected chi connectivity index (χ0v) is 13.4. The quantitative estimate of drug-likeness (QED) is 0.789. The molecule has 6 heteroatoms. The van der Waals surface area contributed by atoms with E-state index in [1.54, 1.807) is 6.92 Å². The van der Waals surface area contributed by atoms with Crippen molar-refractivity contribution in [2.75, 3.05) is 13.2 Å². The highest BCUT2D eigenvalue weighted by Crippen LogP contribution is 2.21. The van der Waals surface area contributed by atoms with Crippen molar-refractivity contribution in [3.63, 3.8) is 0 Å². The average molecular weight is 301 g/mol. The molecule has 1 aliphatic rings. The molecule has 122 valence electrons. The standard InChI is InChI=1S/C15H27NO5/c1-5-19-13(17)10-20-12-8-6-11(7-9-12)16-14(18)21-15(2,3)4/h11-12H,5-10H2,1-4H3,(H,16,18)/t11-,12+. The van der Waals surface area contributed by atoms with Gasteiger partial charge in [-0.15, -0.1) is 0 Å². The normalized spacial score (nSPS) is 22.5. The molecule has 1 fully saturated rings. The van der Waals surface area contributed by atoms with Crippen LogP contribution in [0.25, 0.3) is 0 Å². The summed E-state index contributed by atoms with van der Waals surface area (Å²) in [7, 11) is 0. The Bertz CT molecular complexity index is 342. The molecule has 0 spiro atoms. The van der Waals surface area contributed by atoms with Crippen LogP contribution in [0.5, 0.6) is 0 Å². The third-order valence-corrected chi connectivity index (χ3v) is 3.14. The number of amides is 1. The van der Waals surface area contributed by atoms with Gasteiger partial charge in [-0.3, -0.25) is 0 Å². The first-order valence-corrected chi connectivity index (χ1v) is 7.57. The summed E-state index contributed by atoms with van der Waals surface area (Å²) in [5.74, 6) is -0.327. The molecule has 1 saturated carbocycles. The van der Waals surface area contributed by atoms with Crippen LogP contribution in [0.15, 0.2) is 0 Å². The lowest BCUT2D eigenvalue weighted by Gasteiger charge is -2.29. The van der Waals surface area contributed by atoms with Crippen LogP contribution in [0, 0.1) is 0 Å². The van der Waals surface area contributed by atoms with Gasteiger partial charge in [0.05, 0.1) is 12.7 Å². The second-order valence-corrected chi connectivity index (χ2v) is 6.24. The van der Waals surface area contributed by atoms with E-state index < -0.39 is 5.60 Å². The molecule has 21 heavy (non-hydrogen) atoms. The van der Waals surface area contributed by atoms with Crippen LogP contribution < -0.4 is 5.32 Å². The lowest BCUT2D eigenvalue weighted by Crippen LogP contribution is -2.42. The predicted octanol–water partition coefficient (Wildman–Crippen LogP) is 2.40. The molecule has 0 saturated heterocycles. The second-order valence-electron chi connectivity index (χ2n) is 6.24. The van der Waals surface area contributed by atoms with Crippen molar-refractivity contribution in [2.45, 2.75) is 71.1 Å². The van der Waals surface area contributed by atoms with Crippen molar-refractivity contribution < 1.29 is 23.8 Å². The number of carbonyl (C=O) groups is 2. The number of carbonyl (C=O) groups excluding carboxylic acids is 2. The highest BCUT2D eigenvalue weighted by molar-refractivity contribution is 5.70. The Morgan fingerprint density at radius 1 is 1.14 bits per heavy atom. The maximum atomic E-state index is 11.7. The SMILES string of the molecule is CCOC(=O)CO[C@H]1CC[C@@H](NC(=O)OC(C)(C)C)CC1. The number of ether oxygens (including phenoxy) is 3. The van der Waals surface area contributed by atoms with Gasteiger partial charge < -0.3 is 19.5 Å². The van der Waals surface area contributed by atoms with Crippen molar-refractivity contribution in [1.82, 2.24) is 5.32 Å². The van der Waals surface area contributed by atoms with E-state index in [1.165, 1.54) is 0 Å². The van der Waals surface area contributed by atoms with Crippen molar-refractivity contribution in [3.8, 4) is 0 Å². The fraction of sp³-hybridized carbons (Fsp3) is 0.867. The van der Waals surface area contributed by atoms with E-state index in [-0.39, 0.29) is 30.8 Å². The van der Waals surface area contributed by atoms with Crippen molar-refractivity contribution in [3.05, 3.63) is 0 Å². The Balaban J connectivity index is 2.20. The third kappa shape index (κ3) is 7.90. The maximum Gasteiger partial charge on any atom is 0.407 e. The summed E-state index contributed by atoms with van der Waals surface area (Å²) < 4.78 is 15.6. The number of hydrogen-bond acceptors (Lipinski definition) is 5. The zero-order chi connectivity index (χ0) is 15.9. The molecule has 0 aromatic carbocycles. The van der Waals surface area contributed by atoms with Gasteiger partial charge in [-0.2, -0.15) is 0 Å². The lowest BCUT2D eigenvalue weighted by atomic mass is 9.93. The van der Waals surface area contributed by atoms with E-state index in [2.05, 4.69) is 5.32 Å². The van der Waals surface area contributed by atoms with E-state index in [0.717, 1.165) is 25.7 Å². The Morgan fingerprint density at radius 3 is 2.29 bits per heavy atom. The van der Waals surface area contributed by atoms with Gasteiger partial charge >= 0.3 is 12.1 Å². The molecule has 0 heterocycles. The molecule has 1 amide bonds. The molecule has 1 rings (SSSR count). The lowest BCUT2D eigenvalue weighted by molar-refractivity contribution is -0.151. The van der Waals surface area contributed by atoms with E-state index in [1.807, 2.05) is 20.8 Å². The first-order chi connectivity index (χ1) is 9.80. The molecule has 1 N–H and O–H groups in total. The second kappa shape index (κ2) is 8.22.